The number of carbonyl (C=O) groups is 2. The van der Waals surface area contributed by atoms with Gasteiger partial charge in [0.15, 0.2) is 6.04 Å². The number of benzene rings is 3. The molecule has 180 valence electrons. The highest BCUT2D eigenvalue weighted by molar-refractivity contribution is 6.02. The molecule has 0 radical (unpaired) electrons. The molecule has 5 rings (SSSR count). The van der Waals surface area contributed by atoms with Gasteiger partial charge in [-0.1, -0.05) is 60.7 Å². The van der Waals surface area contributed by atoms with E-state index in [2.05, 4.69) is 5.32 Å². The Bertz CT molecular complexity index is 1630. The molecule has 7 heteroatoms. The first-order valence-electron chi connectivity index (χ1n) is 11.5. The zero-order valence-corrected chi connectivity index (χ0v) is 19.5. The first kappa shape index (κ1) is 23.1. The Morgan fingerprint density at radius 3 is 2.33 bits per heavy atom. The van der Waals surface area contributed by atoms with E-state index in [0.29, 0.717) is 27.9 Å². The molecule has 0 spiro atoms. The smallest absolute Gasteiger partial charge is 0.339 e. The van der Waals surface area contributed by atoms with Crippen molar-refractivity contribution >= 4 is 33.8 Å². The van der Waals surface area contributed by atoms with Crippen LogP contribution in [0.15, 0.2) is 92.7 Å². The second kappa shape index (κ2) is 9.54. The Kier molecular flexibility index (Phi) is 6.12. The SMILES string of the molecule is Cc1c(CCC(=O)N[C@H](C(=O)O)c2ccccc2)c(=O)oc2cc3occ(-c4ccccc4)c3cc12. The number of nitrogens with one attached hydrogen (secondary N) is 1. The Morgan fingerprint density at radius 2 is 1.64 bits per heavy atom. The minimum Gasteiger partial charge on any atom is -0.479 e. The van der Waals surface area contributed by atoms with Crippen LogP contribution in [-0.4, -0.2) is 17.0 Å². The summed E-state index contributed by atoms with van der Waals surface area (Å²) in [6.45, 7) is 1.82. The van der Waals surface area contributed by atoms with E-state index in [0.717, 1.165) is 21.9 Å². The summed E-state index contributed by atoms with van der Waals surface area (Å²) in [5, 5.41) is 13.7. The molecule has 0 saturated carbocycles. The lowest BCUT2D eigenvalue weighted by atomic mass is 9.98. The van der Waals surface area contributed by atoms with Crippen LogP contribution in [0, 0.1) is 6.92 Å². The van der Waals surface area contributed by atoms with Gasteiger partial charge in [0.05, 0.1) is 6.26 Å². The molecule has 0 saturated heterocycles. The van der Waals surface area contributed by atoms with Crippen molar-refractivity contribution in [1.82, 2.24) is 5.32 Å². The van der Waals surface area contributed by atoms with E-state index < -0.39 is 23.5 Å². The minimum atomic E-state index is -1.17. The van der Waals surface area contributed by atoms with Crippen molar-refractivity contribution in [2.24, 2.45) is 0 Å². The van der Waals surface area contributed by atoms with Crippen LogP contribution in [0.5, 0.6) is 0 Å². The second-order valence-electron chi connectivity index (χ2n) is 8.60. The van der Waals surface area contributed by atoms with Crippen molar-refractivity contribution in [3.8, 4) is 11.1 Å². The number of rotatable bonds is 7. The third kappa shape index (κ3) is 4.38. The zero-order valence-electron chi connectivity index (χ0n) is 19.5. The van der Waals surface area contributed by atoms with E-state index in [1.165, 1.54) is 0 Å². The largest absolute Gasteiger partial charge is 0.479 e. The molecular weight excluding hydrogens is 458 g/mol. The average molecular weight is 482 g/mol. The maximum absolute atomic E-state index is 12.8. The van der Waals surface area contributed by atoms with Crippen molar-refractivity contribution in [3.63, 3.8) is 0 Å². The van der Waals surface area contributed by atoms with Crippen LogP contribution in [0.4, 0.5) is 0 Å². The molecule has 0 aliphatic rings. The molecule has 2 heterocycles. The average Bonchev–Trinajstić information content (AvgIpc) is 3.30. The summed E-state index contributed by atoms with van der Waals surface area (Å²) in [5.41, 5.74) is 3.99. The molecule has 2 aromatic heterocycles. The van der Waals surface area contributed by atoms with E-state index in [1.54, 1.807) is 42.7 Å². The number of hydrogen-bond donors (Lipinski definition) is 2. The third-order valence-corrected chi connectivity index (χ3v) is 6.35. The van der Waals surface area contributed by atoms with Crippen LogP contribution in [0.1, 0.15) is 29.2 Å². The molecule has 0 fully saturated rings. The lowest BCUT2D eigenvalue weighted by Crippen LogP contribution is -2.34. The predicted octanol–water partition coefficient (Wildman–Crippen LogP) is 5.39. The Labute approximate surface area is 206 Å². The third-order valence-electron chi connectivity index (χ3n) is 6.35. The van der Waals surface area contributed by atoms with Gasteiger partial charge in [0, 0.05) is 34.4 Å². The highest BCUT2D eigenvalue weighted by atomic mass is 16.4. The highest BCUT2D eigenvalue weighted by Crippen LogP contribution is 2.34. The van der Waals surface area contributed by atoms with Gasteiger partial charge >= 0.3 is 11.6 Å². The molecule has 0 unspecified atom stereocenters. The molecule has 1 amide bonds. The number of aliphatic carboxylic acids is 1. The fourth-order valence-corrected chi connectivity index (χ4v) is 4.45. The van der Waals surface area contributed by atoms with Crippen molar-refractivity contribution < 1.29 is 23.5 Å². The first-order chi connectivity index (χ1) is 17.4. The van der Waals surface area contributed by atoms with Crippen LogP contribution in [-0.2, 0) is 16.0 Å². The van der Waals surface area contributed by atoms with Crippen molar-refractivity contribution in [2.75, 3.05) is 0 Å². The maximum atomic E-state index is 12.8. The van der Waals surface area contributed by atoms with E-state index in [1.807, 2.05) is 43.3 Å². The van der Waals surface area contributed by atoms with Crippen molar-refractivity contribution in [1.29, 1.82) is 0 Å². The maximum Gasteiger partial charge on any atom is 0.339 e. The monoisotopic (exact) mass is 481 g/mol. The molecule has 3 aromatic carbocycles. The summed E-state index contributed by atoms with van der Waals surface area (Å²) >= 11 is 0. The topological polar surface area (TPSA) is 110 Å². The quantitative estimate of drug-likeness (QED) is 0.302. The summed E-state index contributed by atoms with van der Waals surface area (Å²) in [7, 11) is 0. The molecule has 7 nitrogen and oxygen atoms in total. The number of furan rings is 1. The van der Waals surface area contributed by atoms with E-state index in [4.69, 9.17) is 8.83 Å². The summed E-state index contributed by atoms with van der Waals surface area (Å²) in [6.07, 6.45) is 1.74. The fourth-order valence-electron chi connectivity index (χ4n) is 4.45. The van der Waals surface area contributed by atoms with Crippen LogP contribution in [0.25, 0.3) is 33.1 Å². The Balaban J connectivity index is 1.43. The standard InChI is InChI=1S/C29H23NO6/c1-17-20(12-13-26(31)30-27(28(32)33)19-10-6-3-7-11-19)29(34)36-25-15-24-22(14-21(17)25)23(16-35-24)18-8-4-2-5-9-18/h2-11,14-16,27H,12-13H2,1H3,(H,30,31)(H,32,33)/t27-/m0/s1. The Morgan fingerprint density at radius 1 is 0.944 bits per heavy atom. The molecular formula is C29H23NO6. The normalized spacial score (nSPS) is 12.0. The first-order valence-corrected chi connectivity index (χ1v) is 11.5. The molecule has 36 heavy (non-hydrogen) atoms. The number of carboxylic acid groups (broad SMARTS) is 1. The molecule has 0 aliphatic carbocycles. The van der Waals surface area contributed by atoms with Crippen LogP contribution < -0.4 is 10.9 Å². The lowest BCUT2D eigenvalue weighted by molar-refractivity contribution is -0.142. The van der Waals surface area contributed by atoms with Gasteiger partial charge in [-0.15, -0.1) is 0 Å². The summed E-state index contributed by atoms with van der Waals surface area (Å²) < 4.78 is 11.3. The number of carbonyl (C=O) groups excluding carboxylic acids is 1. The lowest BCUT2D eigenvalue weighted by Gasteiger charge is -2.15. The van der Waals surface area contributed by atoms with Gasteiger partial charge in [-0.05, 0) is 36.1 Å². The molecule has 0 aliphatic heterocycles. The molecule has 0 bridgehead atoms. The number of aryl methyl sites for hydroxylation is 1. The second-order valence-corrected chi connectivity index (χ2v) is 8.60. The van der Waals surface area contributed by atoms with E-state index in [9.17, 15) is 19.5 Å². The van der Waals surface area contributed by atoms with Crippen LogP contribution in [0.2, 0.25) is 0 Å². The fraction of sp³-hybridized carbons (Fsp3) is 0.138. The van der Waals surface area contributed by atoms with Crippen molar-refractivity contribution in [3.05, 3.63) is 106 Å². The number of amides is 1. The summed E-state index contributed by atoms with van der Waals surface area (Å²) in [5.74, 6) is -1.63. The summed E-state index contributed by atoms with van der Waals surface area (Å²) in [4.78, 5) is 37.1. The van der Waals surface area contributed by atoms with Crippen LogP contribution in [0.3, 0.4) is 0 Å². The van der Waals surface area contributed by atoms with Gasteiger partial charge in [0.1, 0.15) is 11.2 Å². The van der Waals surface area contributed by atoms with Gasteiger partial charge in [-0.2, -0.15) is 0 Å². The van der Waals surface area contributed by atoms with E-state index >= 15 is 0 Å². The number of carboxylic acids is 1. The Hall–Kier alpha value is -4.65. The van der Waals surface area contributed by atoms with Gasteiger partial charge in [0.25, 0.3) is 0 Å². The predicted molar refractivity (Wildman–Crippen MR) is 136 cm³/mol. The molecule has 1 atom stereocenters. The zero-order chi connectivity index (χ0) is 25.2. The number of fused-ring (bicyclic) bond motifs is 2. The summed E-state index contributed by atoms with van der Waals surface area (Å²) in [6, 6.07) is 20.8. The van der Waals surface area contributed by atoms with Gasteiger partial charge in [0.2, 0.25) is 5.91 Å². The van der Waals surface area contributed by atoms with Gasteiger partial charge in [-0.25, -0.2) is 9.59 Å². The minimum absolute atomic E-state index is 0.0586. The molecule has 2 N–H and O–H groups in total. The number of hydrogen-bond acceptors (Lipinski definition) is 5. The highest BCUT2D eigenvalue weighted by Gasteiger charge is 2.22. The van der Waals surface area contributed by atoms with E-state index in [-0.39, 0.29) is 12.8 Å². The van der Waals surface area contributed by atoms with Crippen molar-refractivity contribution in [2.45, 2.75) is 25.8 Å². The van der Waals surface area contributed by atoms with Crippen LogP contribution >= 0.6 is 0 Å². The van der Waals surface area contributed by atoms with Gasteiger partial charge < -0.3 is 19.3 Å². The molecule has 5 aromatic rings. The van der Waals surface area contributed by atoms with Gasteiger partial charge in [-0.3, -0.25) is 4.79 Å².